The van der Waals surface area contributed by atoms with Crippen LogP contribution in [-0.4, -0.2) is 21.7 Å². The summed E-state index contributed by atoms with van der Waals surface area (Å²) in [5.41, 5.74) is 1.87. The van der Waals surface area contributed by atoms with Gasteiger partial charge >= 0.3 is 0 Å². The number of halogens is 2. The Morgan fingerprint density at radius 1 is 1.00 bits per heavy atom. The molecule has 0 unspecified atom stereocenters. The molecule has 0 bridgehead atoms. The fraction of sp³-hybridized carbons (Fsp3) is 0.118. The lowest BCUT2D eigenvalue weighted by Crippen LogP contribution is -2.08. The zero-order valence-corrected chi connectivity index (χ0v) is 13.5. The average Bonchev–Trinajstić information content (AvgIpc) is 2.59. The number of aromatic nitrogens is 3. The van der Waals surface area contributed by atoms with Gasteiger partial charge in [-0.3, -0.25) is 0 Å². The fourth-order valence-electron chi connectivity index (χ4n) is 2.09. The fourth-order valence-corrected chi connectivity index (χ4v) is 2.22. The van der Waals surface area contributed by atoms with E-state index in [2.05, 4.69) is 25.8 Å². The summed E-state index contributed by atoms with van der Waals surface area (Å²) >= 11 is 5.85. The zero-order valence-electron chi connectivity index (χ0n) is 12.7. The van der Waals surface area contributed by atoms with Crippen molar-refractivity contribution in [3.05, 3.63) is 71.1 Å². The van der Waals surface area contributed by atoms with Crippen LogP contribution in [0.5, 0.6) is 0 Å². The standard InChI is InChI=1S/C17H15ClFN5/c18-13-3-7-15(8-4-13)22-17-23-16(11-21-24-17)20-10-9-12-1-5-14(19)6-2-12/h1-8,11H,9-10H2,(H2,20,22,23,24). The number of nitrogens with one attached hydrogen (secondary N) is 2. The molecule has 1 aromatic heterocycles. The second-order valence-electron chi connectivity index (χ2n) is 5.10. The first kappa shape index (κ1) is 16.1. The summed E-state index contributed by atoms with van der Waals surface area (Å²) in [6.07, 6.45) is 2.31. The van der Waals surface area contributed by atoms with Gasteiger partial charge in [0, 0.05) is 17.3 Å². The molecule has 3 aromatic rings. The molecule has 0 radical (unpaired) electrons. The lowest BCUT2D eigenvalue weighted by atomic mass is 10.1. The van der Waals surface area contributed by atoms with Crippen molar-refractivity contribution in [2.75, 3.05) is 17.2 Å². The molecule has 122 valence electrons. The number of nitrogens with zero attached hydrogens (tertiary/aromatic N) is 3. The van der Waals surface area contributed by atoms with Gasteiger partial charge in [-0.05, 0) is 48.4 Å². The van der Waals surface area contributed by atoms with E-state index in [1.807, 2.05) is 12.1 Å². The van der Waals surface area contributed by atoms with E-state index >= 15 is 0 Å². The van der Waals surface area contributed by atoms with Crippen molar-refractivity contribution in [3.8, 4) is 0 Å². The summed E-state index contributed by atoms with van der Waals surface area (Å²) in [6, 6.07) is 13.7. The summed E-state index contributed by atoms with van der Waals surface area (Å²) in [7, 11) is 0. The third-order valence-electron chi connectivity index (χ3n) is 3.29. The van der Waals surface area contributed by atoms with Crippen LogP contribution in [0.4, 0.5) is 21.8 Å². The van der Waals surface area contributed by atoms with Crippen LogP contribution >= 0.6 is 11.6 Å². The number of benzene rings is 2. The molecule has 0 aliphatic rings. The zero-order chi connectivity index (χ0) is 16.8. The van der Waals surface area contributed by atoms with E-state index < -0.39 is 0 Å². The van der Waals surface area contributed by atoms with Crippen molar-refractivity contribution in [1.82, 2.24) is 15.2 Å². The molecule has 0 spiro atoms. The normalized spacial score (nSPS) is 10.4. The molecule has 0 fully saturated rings. The SMILES string of the molecule is Fc1ccc(CCNc2cnnc(Nc3ccc(Cl)cc3)n2)cc1. The summed E-state index contributed by atoms with van der Waals surface area (Å²) in [5, 5.41) is 14.8. The minimum absolute atomic E-state index is 0.232. The van der Waals surface area contributed by atoms with Crippen LogP contribution in [0.3, 0.4) is 0 Å². The third-order valence-corrected chi connectivity index (χ3v) is 3.54. The first-order valence-electron chi connectivity index (χ1n) is 7.40. The van der Waals surface area contributed by atoms with E-state index in [1.54, 1.807) is 30.5 Å². The highest BCUT2D eigenvalue weighted by molar-refractivity contribution is 6.30. The Morgan fingerprint density at radius 2 is 1.75 bits per heavy atom. The summed E-state index contributed by atoms with van der Waals surface area (Å²) < 4.78 is 12.9. The van der Waals surface area contributed by atoms with Gasteiger partial charge in [-0.1, -0.05) is 23.7 Å². The van der Waals surface area contributed by atoms with Crippen molar-refractivity contribution < 1.29 is 4.39 Å². The van der Waals surface area contributed by atoms with Crippen molar-refractivity contribution in [3.63, 3.8) is 0 Å². The monoisotopic (exact) mass is 343 g/mol. The second kappa shape index (κ2) is 7.70. The molecular weight excluding hydrogens is 329 g/mol. The Hall–Kier alpha value is -2.73. The largest absolute Gasteiger partial charge is 0.368 e. The predicted octanol–water partition coefficient (Wildman–Crippen LogP) is 4.06. The lowest BCUT2D eigenvalue weighted by Gasteiger charge is -2.08. The quantitative estimate of drug-likeness (QED) is 0.706. The Kier molecular flexibility index (Phi) is 5.18. The van der Waals surface area contributed by atoms with Crippen molar-refractivity contribution in [2.24, 2.45) is 0 Å². The van der Waals surface area contributed by atoms with Crippen LogP contribution in [0, 0.1) is 5.82 Å². The van der Waals surface area contributed by atoms with Gasteiger partial charge in [0.15, 0.2) is 5.82 Å². The highest BCUT2D eigenvalue weighted by atomic mass is 35.5. The Balaban J connectivity index is 1.56. The highest BCUT2D eigenvalue weighted by Gasteiger charge is 2.02. The average molecular weight is 344 g/mol. The van der Waals surface area contributed by atoms with Gasteiger partial charge in [0.05, 0.1) is 6.20 Å². The molecule has 0 aliphatic heterocycles. The molecule has 0 aliphatic carbocycles. The molecule has 3 rings (SSSR count). The van der Waals surface area contributed by atoms with Gasteiger partial charge in [0.1, 0.15) is 5.82 Å². The molecular formula is C17H15ClFN5. The summed E-state index contributed by atoms with van der Waals surface area (Å²) in [5.74, 6) is 0.775. The molecule has 0 amide bonds. The van der Waals surface area contributed by atoms with E-state index in [0.29, 0.717) is 23.3 Å². The van der Waals surface area contributed by atoms with Crippen molar-refractivity contribution in [2.45, 2.75) is 6.42 Å². The Morgan fingerprint density at radius 3 is 2.50 bits per heavy atom. The van der Waals surface area contributed by atoms with Crippen molar-refractivity contribution >= 4 is 29.1 Å². The van der Waals surface area contributed by atoms with Crippen LogP contribution in [0.25, 0.3) is 0 Å². The van der Waals surface area contributed by atoms with Gasteiger partial charge < -0.3 is 10.6 Å². The Bertz CT molecular complexity index is 793. The number of anilines is 3. The van der Waals surface area contributed by atoms with Gasteiger partial charge in [-0.2, -0.15) is 10.1 Å². The maximum Gasteiger partial charge on any atom is 0.249 e. The van der Waals surface area contributed by atoms with Gasteiger partial charge in [0.25, 0.3) is 0 Å². The third kappa shape index (κ3) is 4.63. The molecule has 0 atom stereocenters. The van der Waals surface area contributed by atoms with Crippen LogP contribution in [0.15, 0.2) is 54.7 Å². The van der Waals surface area contributed by atoms with Gasteiger partial charge in [0.2, 0.25) is 5.95 Å². The van der Waals surface area contributed by atoms with E-state index in [-0.39, 0.29) is 5.82 Å². The minimum Gasteiger partial charge on any atom is -0.368 e. The van der Waals surface area contributed by atoms with E-state index in [9.17, 15) is 4.39 Å². The first-order valence-corrected chi connectivity index (χ1v) is 7.77. The maximum atomic E-state index is 12.9. The molecule has 5 nitrogen and oxygen atoms in total. The molecule has 7 heteroatoms. The number of rotatable bonds is 6. The van der Waals surface area contributed by atoms with E-state index in [4.69, 9.17) is 11.6 Å². The van der Waals surface area contributed by atoms with Crippen LogP contribution in [0.2, 0.25) is 5.02 Å². The van der Waals surface area contributed by atoms with Gasteiger partial charge in [-0.15, -0.1) is 5.10 Å². The van der Waals surface area contributed by atoms with Crippen LogP contribution < -0.4 is 10.6 Å². The molecule has 24 heavy (non-hydrogen) atoms. The summed E-state index contributed by atoms with van der Waals surface area (Å²) in [4.78, 5) is 4.35. The molecule has 2 N–H and O–H groups in total. The Labute approximate surface area is 143 Å². The smallest absolute Gasteiger partial charge is 0.249 e. The number of hydrogen-bond donors (Lipinski definition) is 2. The van der Waals surface area contributed by atoms with E-state index in [1.165, 1.54) is 12.1 Å². The van der Waals surface area contributed by atoms with Gasteiger partial charge in [-0.25, -0.2) is 4.39 Å². The second-order valence-corrected chi connectivity index (χ2v) is 5.54. The molecule has 1 heterocycles. The van der Waals surface area contributed by atoms with Crippen molar-refractivity contribution in [1.29, 1.82) is 0 Å². The van der Waals surface area contributed by atoms with Crippen LogP contribution in [0.1, 0.15) is 5.56 Å². The molecule has 2 aromatic carbocycles. The van der Waals surface area contributed by atoms with Crippen LogP contribution in [-0.2, 0) is 6.42 Å². The van der Waals surface area contributed by atoms with E-state index in [0.717, 1.165) is 17.7 Å². The lowest BCUT2D eigenvalue weighted by molar-refractivity contribution is 0.627. The predicted molar refractivity (Wildman–Crippen MR) is 93.2 cm³/mol. The number of hydrogen-bond acceptors (Lipinski definition) is 5. The topological polar surface area (TPSA) is 62.7 Å². The highest BCUT2D eigenvalue weighted by Crippen LogP contribution is 2.16. The first-order chi connectivity index (χ1) is 11.7. The maximum absolute atomic E-state index is 12.9. The summed E-state index contributed by atoms with van der Waals surface area (Å²) in [6.45, 7) is 0.657. The minimum atomic E-state index is -0.232. The molecule has 0 saturated heterocycles. The molecule has 0 saturated carbocycles.